The molecule has 0 atom stereocenters. The maximum atomic E-state index is 4.59. The minimum absolute atomic E-state index is 0.892. The predicted molar refractivity (Wildman–Crippen MR) is 73.3 cm³/mol. The summed E-state index contributed by atoms with van der Waals surface area (Å²) < 4.78 is 0. The number of pyridine rings is 1. The molecule has 0 saturated carbocycles. The lowest BCUT2D eigenvalue weighted by atomic mass is 10.0. The first-order chi connectivity index (χ1) is 8.20. The fraction of sp³-hybridized carbons (Fsp3) is 0.267. The number of anilines is 1. The molecular weight excluding hydrogens is 208 g/mol. The molecule has 0 unspecified atom stereocenters. The van der Waals surface area contributed by atoms with Gasteiger partial charge in [-0.25, -0.2) is 4.98 Å². The normalized spacial score (nSPS) is 10.3. The van der Waals surface area contributed by atoms with E-state index in [4.69, 9.17) is 0 Å². The summed E-state index contributed by atoms with van der Waals surface area (Å²) in [5.41, 5.74) is 4.81. The van der Waals surface area contributed by atoms with Crippen LogP contribution in [0.1, 0.15) is 18.1 Å². The van der Waals surface area contributed by atoms with Gasteiger partial charge in [0, 0.05) is 12.1 Å². The standard InChI is InChI=1S/C15H18N2/c1-4-16-15-7-5-6-14(17-15)13-9-8-11(2)12(3)10-13/h5-10H,4H2,1-3H3,(H,16,17). The SMILES string of the molecule is CCNc1cccc(-c2ccc(C)c(C)c2)n1. The molecule has 17 heavy (non-hydrogen) atoms. The third-order valence-corrected chi connectivity index (χ3v) is 2.91. The van der Waals surface area contributed by atoms with Crippen LogP contribution in [0.3, 0.4) is 0 Å². The van der Waals surface area contributed by atoms with Gasteiger partial charge >= 0.3 is 0 Å². The lowest BCUT2D eigenvalue weighted by Gasteiger charge is -2.07. The Labute approximate surface area is 103 Å². The number of benzene rings is 1. The molecule has 0 bridgehead atoms. The van der Waals surface area contributed by atoms with Crippen molar-refractivity contribution in [1.29, 1.82) is 0 Å². The van der Waals surface area contributed by atoms with Gasteiger partial charge in [-0.2, -0.15) is 0 Å². The van der Waals surface area contributed by atoms with Gasteiger partial charge in [0.25, 0.3) is 0 Å². The molecule has 0 aliphatic rings. The van der Waals surface area contributed by atoms with Gasteiger partial charge < -0.3 is 5.32 Å². The van der Waals surface area contributed by atoms with Crippen molar-refractivity contribution in [3.05, 3.63) is 47.5 Å². The van der Waals surface area contributed by atoms with E-state index >= 15 is 0 Å². The highest BCUT2D eigenvalue weighted by molar-refractivity contribution is 5.62. The summed E-state index contributed by atoms with van der Waals surface area (Å²) >= 11 is 0. The Balaban J connectivity index is 2.38. The van der Waals surface area contributed by atoms with Crippen LogP contribution in [0, 0.1) is 13.8 Å². The molecule has 0 radical (unpaired) electrons. The summed E-state index contributed by atoms with van der Waals surface area (Å²) in [6, 6.07) is 12.5. The van der Waals surface area contributed by atoms with E-state index in [2.05, 4.69) is 49.3 Å². The highest BCUT2D eigenvalue weighted by Crippen LogP contribution is 2.21. The second-order valence-electron chi connectivity index (χ2n) is 4.24. The maximum Gasteiger partial charge on any atom is 0.126 e. The smallest absolute Gasteiger partial charge is 0.126 e. The van der Waals surface area contributed by atoms with Crippen LogP contribution in [0.4, 0.5) is 5.82 Å². The van der Waals surface area contributed by atoms with Gasteiger partial charge in [0.2, 0.25) is 0 Å². The van der Waals surface area contributed by atoms with Crippen molar-refractivity contribution in [2.75, 3.05) is 11.9 Å². The van der Waals surface area contributed by atoms with Gasteiger partial charge in [-0.3, -0.25) is 0 Å². The third-order valence-electron chi connectivity index (χ3n) is 2.91. The van der Waals surface area contributed by atoms with E-state index in [-0.39, 0.29) is 0 Å². The first-order valence-corrected chi connectivity index (χ1v) is 5.99. The lowest BCUT2D eigenvalue weighted by molar-refractivity contribution is 1.16. The topological polar surface area (TPSA) is 24.9 Å². The molecule has 0 saturated heterocycles. The average molecular weight is 226 g/mol. The highest BCUT2D eigenvalue weighted by Gasteiger charge is 2.02. The molecule has 2 aromatic rings. The lowest BCUT2D eigenvalue weighted by Crippen LogP contribution is -1.99. The first-order valence-electron chi connectivity index (χ1n) is 5.99. The Hall–Kier alpha value is -1.83. The van der Waals surface area contributed by atoms with E-state index in [1.54, 1.807) is 0 Å². The molecule has 2 rings (SSSR count). The number of nitrogens with zero attached hydrogens (tertiary/aromatic N) is 1. The third kappa shape index (κ3) is 2.64. The second kappa shape index (κ2) is 5.00. The van der Waals surface area contributed by atoms with Crippen molar-refractivity contribution in [3.8, 4) is 11.3 Å². The number of rotatable bonds is 3. The quantitative estimate of drug-likeness (QED) is 0.861. The number of hydrogen-bond acceptors (Lipinski definition) is 2. The van der Waals surface area contributed by atoms with E-state index < -0.39 is 0 Å². The molecule has 0 fully saturated rings. The number of aromatic nitrogens is 1. The molecule has 1 aromatic heterocycles. The van der Waals surface area contributed by atoms with E-state index in [0.717, 1.165) is 18.1 Å². The summed E-state index contributed by atoms with van der Waals surface area (Å²) in [4.78, 5) is 4.59. The van der Waals surface area contributed by atoms with Gasteiger partial charge in [-0.1, -0.05) is 18.2 Å². The van der Waals surface area contributed by atoms with Crippen LogP contribution in [0.25, 0.3) is 11.3 Å². The minimum atomic E-state index is 0.892. The van der Waals surface area contributed by atoms with Crippen molar-refractivity contribution < 1.29 is 0 Å². The molecule has 1 heterocycles. The van der Waals surface area contributed by atoms with E-state index in [0.29, 0.717) is 0 Å². The summed E-state index contributed by atoms with van der Waals surface area (Å²) in [5, 5.41) is 3.23. The van der Waals surface area contributed by atoms with Crippen LogP contribution in [-0.4, -0.2) is 11.5 Å². The molecule has 0 aliphatic carbocycles. The Morgan fingerprint density at radius 2 is 1.88 bits per heavy atom. The molecule has 0 aliphatic heterocycles. The van der Waals surface area contributed by atoms with Gasteiger partial charge in [-0.15, -0.1) is 0 Å². The van der Waals surface area contributed by atoms with Crippen molar-refractivity contribution in [3.63, 3.8) is 0 Å². The van der Waals surface area contributed by atoms with Crippen LogP contribution in [0.5, 0.6) is 0 Å². The first kappa shape index (κ1) is 11.6. The zero-order chi connectivity index (χ0) is 12.3. The molecule has 1 aromatic carbocycles. The number of hydrogen-bond donors (Lipinski definition) is 1. The second-order valence-corrected chi connectivity index (χ2v) is 4.24. The van der Waals surface area contributed by atoms with E-state index in [9.17, 15) is 0 Å². The molecule has 2 heteroatoms. The van der Waals surface area contributed by atoms with Gasteiger partial charge in [0.15, 0.2) is 0 Å². The van der Waals surface area contributed by atoms with E-state index in [1.165, 1.54) is 16.7 Å². The minimum Gasteiger partial charge on any atom is -0.370 e. The predicted octanol–water partition coefficient (Wildman–Crippen LogP) is 3.80. The molecule has 1 N–H and O–H groups in total. The summed E-state index contributed by atoms with van der Waals surface area (Å²) in [6.07, 6.45) is 0. The summed E-state index contributed by atoms with van der Waals surface area (Å²) in [5.74, 6) is 0.934. The van der Waals surface area contributed by atoms with Crippen molar-refractivity contribution in [1.82, 2.24) is 4.98 Å². The Morgan fingerprint density at radius 1 is 1.06 bits per heavy atom. The molecular formula is C15H18N2. The Bertz CT molecular complexity index is 518. The fourth-order valence-corrected chi connectivity index (χ4v) is 1.78. The Kier molecular flexibility index (Phi) is 3.43. The van der Waals surface area contributed by atoms with Crippen LogP contribution in [-0.2, 0) is 0 Å². The maximum absolute atomic E-state index is 4.59. The molecule has 0 spiro atoms. The van der Waals surface area contributed by atoms with Gasteiger partial charge in [-0.05, 0) is 50.1 Å². The van der Waals surface area contributed by atoms with Crippen LogP contribution >= 0.6 is 0 Å². The fourth-order valence-electron chi connectivity index (χ4n) is 1.78. The van der Waals surface area contributed by atoms with Crippen LogP contribution in [0.2, 0.25) is 0 Å². The van der Waals surface area contributed by atoms with Crippen LogP contribution in [0.15, 0.2) is 36.4 Å². The Morgan fingerprint density at radius 3 is 2.59 bits per heavy atom. The van der Waals surface area contributed by atoms with E-state index in [1.807, 2.05) is 18.2 Å². The number of aryl methyl sites for hydroxylation is 2. The molecule has 0 amide bonds. The largest absolute Gasteiger partial charge is 0.370 e. The summed E-state index contributed by atoms with van der Waals surface area (Å²) in [7, 11) is 0. The van der Waals surface area contributed by atoms with Gasteiger partial charge in [0.05, 0.1) is 5.69 Å². The zero-order valence-electron chi connectivity index (χ0n) is 10.6. The average Bonchev–Trinajstić information content (AvgIpc) is 2.33. The zero-order valence-corrected chi connectivity index (χ0v) is 10.6. The van der Waals surface area contributed by atoms with Crippen molar-refractivity contribution in [2.45, 2.75) is 20.8 Å². The monoisotopic (exact) mass is 226 g/mol. The molecule has 88 valence electrons. The van der Waals surface area contributed by atoms with Crippen LogP contribution < -0.4 is 5.32 Å². The van der Waals surface area contributed by atoms with Gasteiger partial charge in [0.1, 0.15) is 5.82 Å². The van der Waals surface area contributed by atoms with Crippen molar-refractivity contribution in [2.24, 2.45) is 0 Å². The summed E-state index contributed by atoms with van der Waals surface area (Å²) in [6.45, 7) is 7.22. The highest BCUT2D eigenvalue weighted by atomic mass is 15.0. The number of nitrogens with one attached hydrogen (secondary N) is 1. The molecule has 2 nitrogen and oxygen atoms in total. The van der Waals surface area contributed by atoms with Crippen molar-refractivity contribution >= 4 is 5.82 Å².